The van der Waals surface area contributed by atoms with Crippen LogP contribution in [0, 0.1) is 17.5 Å². The zero-order chi connectivity index (χ0) is 22.0. The van der Waals surface area contributed by atoms with Crippen molar-refractivity contribution in [1.29, 1.82) is 0 Å². The SMILES string of the molecule is O=C(Nc1cccc(F)c1)Nc1cc(F)c(F)c(C(=O)c2cc3cccnc3cn2)c1. The third kappa shape index (κ3) is 4.35. The summed E-state index contributed by atoms with van der Waals surface area (Å²) >= 11 is 0. The summed E-state index contributed by atoms with van der Waals surface area (Å²) in [5, 5.41) is 5.25. The molecule has 0 fully saturated rings. The standard InChI is InChI=1S/C22H13F3N4O2/c23-13-4-1-5-14(8-13)28-22(31)29-15-9-16(20(25)17(24)10-15)21(30)18-7-12-3-2-6-26-19(12)11-27-18/h1-11H,(H2,28,29,31). The highest BCUT2D eigenvalue weighted by Gasteiger charge is 2.21. The number of aromatic nitrogens is 2. The Balaban J connectivity index is 1.61. The van der Waals surface area contributed by atoms with Crippen LogP contribution in [0.4, 0.5) is 29.3 Å². The second-order valence-electron chi connectivity index (χ2n) is 6.50. The number of nitrogens with one attached hydrogen (secondary N) is 2. The summed E-state index contributed by atoms with van der Waals surface area (Å²) in [5.41, 5.74) is -0.184. The van der Waals surface area contributed by atoms with Gasteiger partial charge in [-0.1, -0.05) is 12.1 Å². The van der Waals surface area contributed by atoms with Gasteiger partial charge < -0.3 is 10.6 Å². The van der Waals surface area contributed by atoms with E-state index < -0.39 is 34.8 Å². The highest BCUT2D eigenvalue weighted by molar-refractivity contribution is 6.10. The molecule has 6 nitrogen and oxygen atoms in total. The van der Waals surface area contributed by atoms with Gasteiger partial charge in [0.2, 0.25) is 5.78 Å². The molecule has 4 aromatic rings. The van der Waals surface area contributed by atoms with E-state index in [1.807, 2.05) is 0 Å². The summed E-state index contributed by atoms with van der Waals surface area (Å²) in [5.74, 6) is -4.11. The third-order valence-electron chi connectivity index (χ3n) is 4.34. The van der Waals surface area contributed by atoms with Gasteiger partial charge in [-0.2, -0.15) is 0 Å². The molecule has 0 saturated carbocycles. The number of amides is 2. The minimum atomic E-state index is -1.37. The minimum Gasteiger partial charge on any atom is -0.308 e. The molecule has 2 N–H and O–H groups in total. The average molecular weight is 422 g/mol. The van der Waals surface area contributed by atoms with Gasteiger partial charge in [-0.15, -0.1) is 0 Å². The molecule has 0 aliphatic carbocycles. The van der Waals surface area contributed by atoms with Crippen LogP contribution >= 0.6 is 0 Å². The second kappa shape index (κ2) is 8.23. The third-order valence-corrected chi connectivity index (χ3v) is 4.34. The first-order valence-corrected chi connectivity index (χ1v) is 8.99. The van der Waals surface area contributed by atoms with Crippen LogP contribution in [-0.4, -0.2) is 21.8 Å². The van der Waals surface area contributed by atoms with Crippen molar-refractivity contribution in [2.24, 2.45) is 0 Å². The van der Waals surface area contributed by atoms with E-state index >= 15 is 0 Å². The van der Waals surface area contributed by atoms with Gasteiger partial charge in [0.25, 0.3) is 0 Å². The number of carbonyl (C=O) groups excluding carboxylic acids is 2. The Morgan fingerprint density at radius 1 is 0.839 bits per heavy atom. The Morgan fingerprint density at radius 3 is 2.45 bits per heavy atom. The number of ketones is 1. The molecule has 2 aromatic heterocycles. The van der Waals surface area contributed by atoms with Gasteiger partial charge in [0.15, 0.2) is 11.6 Å². The van der Waals surface area contributed by atoms with E-state index in [0.29, 0.717) is 10.9 Å². The molecule has 0 unspecified atom stereocenters. The Kier molecular flexibility index (Phi) is 5.31. The largest absolute Gasteiger partial charge is 0.323 e. The summed E-state index contributed by atoms with van der Waals surface area (Å²) in [6.45, 7) is 0. The van der Waals surface area contributed by atoms with Gasteiger partial charge >= 0.3 is 6.03 Å². The van der Waals surface area contributed by atoms with Crippen molar-refractivity contribution in [2.45, 2.75) is 0 Å². The van der Waals surface area contributed by atoms with E-state index in [-0.39, 0.29) is 17.1 Å². The van der Waals surface area contributed by atoms with Gasteiger partial charge in [-0.3, -0.25) is 14.8 Å². The normalized spacial score (nSPS) is 10.7. The Morgan fingerprint density at radius 2 is 1.65 bits per heavy atom. The topological polar surface area (TPSA) is 84.0 Å². The predicted molar refractivity (Wildman–Crippen MR) is 108 cm³/mol. The number of hydrogen-bond donors (Lipinski definition) is 2. The Hall–Kier alpha value is -4.27. The number of carbonyl (C=O) groups is 2. The molecule has 9 heteroatoms. The molecule has 0 radical (unpaired) electrons. The van der Waals surface area contributed by atoms with Crippen LogP contribution in [0.3, 0.4) is 0 Å². The molecule has 31 heavy (non-hydrogen) atoms. The fraction of sp³-hybridized carbons (Fsp3) is 0. The monoisotopic (exact) mass is 422 g/mol. The van der Waals surface area contributed by atoms with Crippen LogP contribution in [0.25, 0.3) is 10.9 Å². The minimum absolute atomic E-state index is 0.111. The van der Waals surface area contributed by atoms with Crippen molar-refractivity contribution in [3.63, 3.8) is 0 Å². The quantitative estimate of drug-likeness (QED) is 0.457. The summed E-state index contributed by atoms with van der Waals surface area (Å²) in [7, 11) is 0. The van der Waals surface area contributed by atoms with Crippen LogP contribution in [-0.2, 0) is 0 Å². The maximum absolute atomic E-state index is 14.4. The van der Waals surface area contributed by atoms with Gasteiger partial charge in [0.1, 0.15) is 11.5 Å². The van der Waals surface area contributed by atoms with Gasteiger partial charge in [-0.25, -0.2) is 18.0 Å². The lowest BCUT2D eigenvalue weighted by Gasteiger charge is -2.10. The van der Waals surface area contributed by atoms with E-state index in [1.165, 1.54) is 30.5 Å². The van der Waals surface area contributed by atoms with Crippen molar-refractivity contribution >= 4 is 34.1 Å². The molecule has 2 heterocycles. The van der Waals surface area contributed by atoms with Crippen molar-refractivity contribution in [3.8, 4) is 0 Å². The molecule has 2 amide bonds. The van der Waals surface area contributed by atoms with Crippen LogP contribution in [0.1, 0.15) is 16.1 Å². The molecule has 0 spiro atoms. The summed E-state index contributed by atoms with van der Waals surface area (Å²) < 4.78 is 41.7. The number of hydrogen-bond acceptors (Lipinski definition) is 4. The van der Waals surface area contributed by atoms with Crippen LogP contribution in [0.15, 0.2) is 67.0 Å². The van der Waals surface area contributed by atoms with Crippen LogP contribution in [0.2, 0.25) is 0 Å². The molecule has 2 aromatic carbocycles. The number of nitrogens with zero attached hydrogens (tertiary/aromatic N) is 2. The van der Waals surface area contributed by atoms with Crippen LogP contribution in [0.5, 0.6) is 0 Å². The van der Waals surface area contributed by atoms with E-state index in [4.69, 9.17) is 0 Å². The van der Waals surface area contributed by atoms with Gasteiger partial charge in [-0.05, 0) is 36.4 Å². The number of anilines is 2. The Labute approximate surface area is 173 Å². The molecular formula is C22H13F3N4O2. The first-order valence-electron chi connectivity index (χ1n) is 8.99. The number of benzene rings is 2. The predicted octanol–water partition coefficient (Wildman–Crippen LogP) is 4.92. The Bertz CT molecular complexity index is 1330. The van der Waals surface area contributed by atoms with Crippen molar-refractivity contribution in [2.75, 3.05) is 10.6 Å². The molecule has 0 saturated heterocycles. The summed E-state index contributed by atoms with van der Waals surface area (Å²) in [6.07, 6.45) is 2.91. The number of rotatable bonds is 4. The first-order chi connectivity index (χ1) is 14.9. The second-order valence-corrected chi connectivity index (χ2v) is 6.50. The molecule has 0 aliphatic rings. The van der Waals surface area contributed by atoms with Crippen LogP contribution < -0.4 is 10.6 Å². The molecule has 0 atom stereocenters. The van der Waals surface area contributed by atoms with E-state index in [0.717, 1.165) is 18.2 Å². The lowest BCUT2D eigenvalue weighted by atomic mass is 10.0. The van der Waals surface area contributed by atoms with Crippen molar-refractivity contribution in [1.82, 2.24) is 9.97 Å². The lowest BCUT2D eigenvalue weighted by molar-refractivity contribution is 0.102. The van der Waals surface area contributed by atoms with E-state index in [2.05, 4.69) is 20.6 Å². The first kappa shape index (κ1) is 20.0. The maximum Gasteiger partial charge on any atom is 0.323 e. The molecular weight excluding hydrogens is 409 g/mol. The number of urea groups is 1. The number of halogens is 3. The van der Waals surface area contributed by atoms with E-state index in [9.17, 15) is 22.8 Å². The summed E-state index contributed by atoms with van der Waals surface area (Å²) in [4.78, 5) is 33.0. The fourth-order valence-electron chi connectivity index (χ4n) is 2.92. The van der Waals surface area contributed by atoms with Crippen molar-refractivity contribution < 1.29 is 22.8 Å². The molecule has 0 aliphatic heterocycles. The smallest absolute Gasteiger partial charge is 0.308 e. The van der Waals surface area contributed by atoms with E-state index in [1.54, 1.807) is 18.3 Å². The van der Waals surface area contributed by atoms with Gasteiger partial charge in [0.05, 0.1) is 17.3 Å². The fourth-order valence-corrected chi connectivity index (χ4v) is 2.92. The number of fused-ring (bicyclic) bond motifs is 1. The zero-order valence-electron chi connectivity index (χ0n) is 15.7. The van der Waals surface area contributed by atoms with Crippen molar-refractivity contribution in [3.05, 3.63) is 95.7 Å². The average Bonchev–Trinajstić information content (AvgIpc) is 2.75. The van der Waals surface area contributed by atoms with Gasteiger partial charge in [0, 0.05) is 29.0 Å². The number of pyridine rings is 2. The molecule has 0 bridgehead atoms. The molecule has 154 valence electrons. The maximum atomic E-state index is 14.4. The highest BCUT2D eigenvalue weighted by atomic mass is 19.2. The molecule has 4 rings (SSSR count). The highest BCUT2D eigenvalue weighted by Crippen LogP contribution is 2.23. The zero-order valence-corrected chi connectivity index (χ0v) is 15.7. The lowest BCUT2D eigenvalue weighted by Crippen LogP contribution is -2.20. The summed E-state index contributed by atoms with van der Waals surface area (Å²) in [6, 6.07) is 10.8.